The highest BCUT2D eigenvalue weighted by atomic mass is 35.5. The van der Waals surface area contributed by atoms with Crippen LogP contribution >= 0.6 is 11.6 Å². The van der Waals surface area contributed by atoms with Gasteiger partial charge in [0.15, 0.2) is 0 Å². The number of alkyl halides is 3. The summed E-state index contributed by atoms with van der Waals surface area (Å²) in [7, 11) is 0. The normalized spacial score (nSPS) is 17.1. The van der Waals surface area contributed by atoms with E-state index in [9.17, 15) is 13.2 Å². The predicted molar refractivity (Wildman–Crippen MR) is 178 cm³/mol. The Balaban J connectivity index is 1.30. The highest BCUT2D eigenvalue weighted by Gasteiger charge is 2.36. The van der Waals surface area contributed by atoms with E-state index < -0.39 is 11.7 Å². The van der Waals surface area contributed by atoms with Gasteiger partial charge in [-0.25, -0.2) is 15.0 Å². The standard InChI is InChI=1S/C36H40ClF3N6/c37-29-15-8-14-28(24-29)31-25-32(45-20-22-46(23-21-45)35-30(36(38,39)40)16-9-18-42-35)44-34(43-31)33(27-12-6-1-2-7-13-27)41-19-17-26-10-4-3-5-11-26/h3-5,8-11,14-16,18,24-25,27,33,41H,1-2,6-7,12-13,17,19-23H2. The fourth-order valence-electron chi connectivity index (χ4n) is 6.70. The number of nitrogens with one attached hydrogen (secondary N) is 1. The summed E-state index contributed by atoms with van der Waals surface area (Å²) in [4.78, 5) is 18.4. The molecule has 2 fully saturated rings. The molecule has 6 nitrogen and oxygen atoms in total. The van der Waals surface area contributed by atoms with Crippen LogP contribution in [0.2, 0.25) is 5.02 Å². The molecule has 6 rings (SSSR count). The van der Waals surface area contributed by atoms with Crippen LogP contribution in [-0.4, -0.2) is 47.7 Å². The Kier molecular flexibility index (Phi) is 10.4. The van der Waals surface area contributed by atoms with Crippen LogP contribution in [0.15, 0.2) is 79.0 Å². The zero-order valence-corrected chi connectivity index (χ0v) is 26.6. The number of nitrogens with zero attached hydrogens (tertiary/aromatic N) is 5. The highest BCUT2D eigenvalue weighted by Crippen LogP contribution is 2.37. The molecule has 4 aromatic rings. The summed E-state index contributed by atoms with van der Waals surface area (Å²) >= 11 is 6.41. The predicted octanol–water partition coefficient (Wildman–Crippen LogP) is 8.38. The van der Waals surface area contributed by atoms with Crippen molar-refractivity contribution in [2.45, 2.75) is 57.2 Å². The lowest BCUT2D eigenvalue weighted by atomic mass is 9.90. The maximum Gasteiger partial charge on any atom is 0.419 e. The second-order valence-electron chi connectivity index (χ2n) is 12.2. The number of rotatable bonds is 9. The molecular weight excluding hydrogens is 609 g/mol. The zero-order chi connectivity index (χ0) is 31.9. The molecule has 1 atom stereocenters. The van der Waals surface area contributed by atoms with Crippen molar-refractivity contribution in [3.8, 4) is 11.3 Å². The van der Waals surface area contributed by atoms with Crippen LogP contribution in [-0.2, 0) is 12.6 Å². The second-order valence-corrected chi connectivity index (χ2v) is 12.7. The van der Waals surface area contributed by atoms with E-state index in [-0.39, 0.29) is 11.9 Å². The third kappa shape index (κ3) is 7.99. The van der Waals surface area contributed by atoms with Gasteiger partial charge in [-0.2, -0.15) is 13.2 Å². The number of aromatic nitrogens is 3. The molecule has 1 aliphatic heterocycles. The summed E-state index contributed by atoms with van der Waals surface area (Å²) in [6.07, 6.45) is 4.98. The van der Waals surface area contributed by atoms with Gasteiger partial charge in [-0.1, -0.05) is 79.7 Å². The average Bonchev–Trinajstić information content (AvgIpc) is 3.36. The zero-order valence-electron chi connectivity index (χ0n) is 25.9. The van der Waals surface area contributed by atoms with E-state index in [1.54, 1.807) is 4.90 Å². The summed E-state index contributed by atoms with van der Waals surface area (Å²) in [6.45, 7) is 2.61. The van der Waals surface area contributed by atoms with E-state index in [4.69, 9.17) is 21.6 Å². The minimum atomic E-state index is -4.46. The first kappa shape index (κ1) is 32.3. The van der Waals surface area contributed by atoms with Gasteiger partial charge in [-0.05, 0) is 61.6 Å². The van der Waals surface area contributed by atoms with Crippen LogP contribution in [0.4, 0.5) is 24.8 Å². The quantitative estimate of drug-likeness (QED) is 0.184. The first-order chi connectivity index (χ1) is 22.3. The number of benzene rings is 2. The van der Waals surface area contributed by atoms with Crippen molar-refractivity contribution in [2.75, 3.05) is 42.5 Å². The van der Waals surface area contributed by atoms with Gasteiger partial charge in [0.2, 0.25) is 0 Å². The van der Waals surface area contributed by atoms with Gasteiger partial charge in [0.25, 0.3) is 0 Å². The Bertz CT molecular complexity index is 1570. The van der Waals surface area contributed by atoms with Crippen LogP contribution in [0.25, 0.3) is 11.3 Å². The van der Waals surface area contributed by atoms with Gasteiger partial charge >= 0.3 is 6.18 Å². The summed E-state index contributed by atoms with van der Waals surface area (Å²) < 4.78 is 41.3. The lowest BCUT2D eigenvalue weighted by molar-refractivity contribution is -0.137. The van der Waals surface area contributed by atoms with Crippen molar-refractivity contribution in [1.82, 2.24) is 20.3 Å². The highest BCUT2D eigenvalue weighted by molar-refractivity contribution is 6.30. The van der Waals surface area contributed by atoms with Crippen molar-refractivity contribution in [3.63, 3.8) is 0 Å². The molecule has 3 heterocycles. The summed E-state index contributed by atoms with van der Waals surface area (Å²) in [6, 6.07) is 22.6. The van der Waals surface area contributed by atoms with E-state index >= 15 is 0 Å². The number of pyridine rings is 1. The Labute approximate surface area is 274 Å². The van der Waals surface area contributed by atoms with E-state index in [0.717, 1.165) is 54.8 Å². The second kappa shape index (κ2) is 14.8. The third-order valence-electron chi connectivity index (χ3n) is 9.12. The number of piperazine rings is 1. The fraction of sp³-hybridized carbons (Fsp3) is 0.417. The molecular formula is C36H40ClF3N6. The maximum atomic E-state index is 13.8. The van der Waals surface area contributed by atoms with Gasteiger partial charge < -0.3 is 15.1 Å². The molecule has 1 N–H and O–H groups in total. The molecule has 2 aliphatic rings. The third-order valence-corrected chi connectivity index (χ3v) is 9.35. The SMILES string of the molecule is FC(F)(F)c1cccnc1N1CCN(c2cc(-c3cccc(Cl)c3)nc(C(NCCc3ccccc3)C3CCCCCC3)n2)CC1. The van der Waals surface area contributed by atoms with Crippen LogP contribution in [0.5, 0.6) is 0 Å². The molecule has 46 heavy (non-hydrogen) atoms. The average molecular weight is 649 g/mol. The van der Waals surface area contributed by atoms with Gasteiger partial charge in [0, 0.05) is 49.0 Å². The van der Waals surface area contributed by atoms with Gasteiger partial charge in [0.05, 0.1) is 17.3 Å². The van der Waals surface area contributed by atoms with Crippen molar-refractivity contribution in [3.05, 3.63) is 101 Å². The lowest BCUT2D eigenvalue weighted by Gasteiger charge is -2.37. The smallest absolute Gasteiger partial charge is 0.353 e. The minimum Gasteiger partial charge on any atom is -0.353 e. The van der Waals surface area contributed by atoms with E-state index in [1.165, 1.54) is 43.5 Å². The van der Waals surface area contributed by atoms with Crippen molar-refractivity contribution in [1.29, 1.82) is 0 Å². The molecule has 1 saturated heterocycles. The molecule has 1 unspecified atom stereocenters. The Hall–Kier alpha value is -3.69. The molecule has 0 spiro atoms. The first-order valence-electron chi connectivity index (χ1n) is 16.3. The van der Waals surface area contributed by atoms with Crippen LogP contribution in [0.3, 0.4) is 0 Å². The molecule has 2 aromatic heterocycles. The number of anilines is 2. The minimum absolute atomic E-state index is 0.0197. The summed E-state index contributed by atoms with van der Waals surface area (Å²) in [5, 5.41) is 4.49. The number of hydrogen-bond donors (Lipinski definition) is 1. The van der Waals surface area contributed by atoms with Gasteiger partial charge in [0.1, 0.15) is 17.5 Å². The first-order valence-corrected chi connectivity index (χ1v) is 16.7. The molecule has 2 aromatic carbocycles. The van der Waals surface area contributed by atoms with Gasteiger partial charge in [-0.15, -0.1) is 0 Å². The lowest BCUT2D eigenvalue weighted by Crippen LogP contribution is -2.47. The summed E-state index contributed by atoms with van der Waals surface area (Å²) in [5.74, 6) is 1.93. The Morgan fingerprint density at radius 2 is 1.57 bits per heavy atom. The van der Waals surface area contributed by atoms with Crippen molar-refractivity contribution >= 4 is 23.2 Å². The Morgan fingerprint density at radius 3 is 2.28 bits per heavy atom. The van der Waals surface area contributed by atoms with Crippen molar-refractivity contribution in [2.24, 2.45) is 5.92 Å². The van der Waals surface area contributed by atoms with Gasteiger partial charge in [-0.3, -0.25) is 0 Å². The van der Waals surface area contributed by atoms with E-state index in [2.05, 4.69) is 39.5 Å². The molecule has 10 heteroatoms. The fourth-order valence-corrected chi connectivity index (χ4v) is 6.89. The Morgan fingerprint density at radius 1 is 0.826 bits per heavy atom. The molecule has 0 radical (unpaired) electrons. The molecule has 1 aliphatic carbocycles. The molecule has 0 bridgehead atoms. The van der Waals surface area contributed by atoms with Crippen LogP contribution in [0, 0.1) is 5.92 Å². The van der Waals surface area contributed by atoms with E-state index in [1.807, 2.05) is 36.4 Å². The molecule has 1 saturated carbocycles. The van der Waals surface area contributed by atoms with Crippen LogP contribution < -0.4 is 15.1 Å². The summed E-state index contributed by atoms with van der Waals surface area (Å²) in [5.41, 5.74) is 2.27. The number of halogens is 4. The van der Waals surface area contributed by atoms with Crippen molar-refractivity contribution < 1.29 is 13.2 Å². The largest absolute Gasteiger partial charge is 0.419 e. The topological polar surface area (TPSA) is 57.2 Å². The van der Waals surface area contributed by atoms with Crippen LogP contribution in [0.1, 0.15) is 61.5 Å². The molecule has 242 valence electrons. The number of hydrogen-bond acceptors (Lipinski definition) is 6. The maximum absolute atomic E-state index is 13.8. The molecule has 0 amide bonds. The van der Waals surface area contributed by atoms with E-state index in [0.29, 0.717) is 37.1 Å². The monoisotopic (exact) mass is 648 g/mol.